The van der Waals surface area contributed by atoms with E-state index in [1.54, 1.807) is 49.4 Å². The van der Waals surface area contributed by atoms with E-state index < -0.39 is 17.9 Å². The highest BCUT2D eigenvalue weighted by atomic mass is 35.5. The number of carboxylic acid groups (broad SMARTS) is 1. The number of oxazole rings is 1. The maximum atomic E-state index is 13.4. The minimum atomic E-state index is -1.14. The molecule has 1 aliphatic heterocycles. The number of nitrogens with two attached hydrogens (primary N) is 1. The fourth-order valence-corrected chi connectivity index (χ4v) is 4.14. The molecule has 0 fully saturated rings. The number of guanidine groups is 1. The molecule has 2 aromatic carbocycles. The van der Waals surface area contributed by atoms with Crippen molar-refractivity contribution in [3.8, 4) is 0 Å². The first-order valence-electron chi connectivity index (χ1n) is 11.0. The zero-order chi connectivity index (χ0) is 26.1. The molecule has 0 saturated carbocycles. The highest BCUT2D eigenvalue weighted by Gasteiger charge is 2.31. The van der Waals surface area contributed by atoms with Crippen LogP contribution in [0.3, 0.4) is 0 Å². The van der Waals surface area contributed by atoms with Gasteiger partial charge in [-0.2, -0.15) is 4.98 Å². The van der Waals surface area contributed by atoms with Gasteiger partial charge in [0.05, 0.1) is 16.8 Å². The molecule has 1 atom stereocenters. The number of fused-ring (bicyclic) bond motifs is 1. The maximum Gasteiger partial charge on any atom is 0.335 e. The van der Waals surface area contributed by atoms with E-state index in [0.717, 1.165) is 0 Å². The molecule has 37 heavy (non-hydrogen) atoms. The van der Waals surface area contributed by atoms with E-state index in [1.165, 1.54) is 18.3 Å². The lowest BCUT2D eigenvalue weighted by Crippen LogP contribution is -2.37. The van der Waals surface area contributed by atoms with Crippen molar-refractivity contribution in [1.29, 1.82) is 0 Å². The van der Waals surface area contributed by atoms with E-state index in [2.05, 4.69) is 30.9 Å². The lowest BCUT2D eigenvalue weighted by atomic mass is 9.95. The molecule has 0 aliphatic carbocycles. The number of anilines is 3. The lowest BCUT2D eigenvalue weighted by molar-refractivity contribution is -0.113. The standard InChI is InChI=1S/C25H20ClN7O4/c1-12-19(22(34)31-18-11-13(23(35)36)9-10-28-18)20(14-5-2-3-6-15(14)26)32-24(29-12)33-25-30-17-8-4-7-16(27)21(17)37-25/h2-11,20H,27H2,1H3,(H,35,36)(H,28,31,34)(H2,29,30,32,33)/t20-/m0/s1. The first-order valence-corrected chi connectivity index (χ1v) is 11.4. The van der Waals surface area contributed by atoms with Gasteiger partial charge < -0.3 is 25.9 Å². The summed E-state index contributed by atoms with van der Waals surface area (Å²) in [6, 6.07) is 14.2. The summed E-state index contributed by atoms with van der Waals surface area (Å²) in [7, 11) is 0. The van der Waals surface area contributed by atoms with Gasteiger partial charge in [-0.3, -0.25) is 10.1 Å². The van der Waals surface area contributed by atoms with Gasteiger partial charge in [0.15, 0.2) is 5.58 Å². The number of aliphatic imine (C=N–C) groups is 1. The molecule has 0 bridgehead atoms. The van der Waals surface area contributed by atoms with Crippen molar-refractivity contribution in [3.05, 3.63) is 88.2 Å². The zero-order valence-electron chi connectivity index (χ0n) is 19.3. The average Bonchev–Trinajstić information content (AvgIpc) is 3.28. The second kappa shape index (κ2) is 9.63. The Morgan fingerprint density at radius 2 is 1.97 bits per heavy atom. The number of carboxylic acids is 1. The third-order valence-corrected chi connectivity index (χ3v) is 5.95. The monoisotopic (exact) mass is 517 g/mol. The number of carbonyl (C=O) groups is 2. The van der Waals surface area contributed by atoms with Gasteiger partial charge in [-0.1, -0.05) is 35.9 Å². The van der Waals surface area contributed by atoms with Crippen molar-refractivity contribution in [2.24, 2.45) is 4.99 Å². The summed E-state index contributed by atoms with van der Waals surface area (Å²) in [6.07, 6.45) is 1.30. The summed E-state index contributed by atoms with van der Waals surface area (Å²) in [5.41, 5.74) is 8.75. The Balaban J connectivity index is 1.49. The van der Waals surface area contributed by atoms with Gasteiger partial charge in [-0.25, -0.2) is 14.8 Å². The number of pyridine rings is 1. The van der Waals surface area contributed by atoms with E-state index in [0.29, 0.717) is 33.1 Å². The minimum absolute atomic E-state index is 0.0103. The second-order valence-electron chi connectivity index (χ2n) is 8.09. The van der Waals surface area contributed by atoms with Crippen LogP contribution in [-0.2, 0) is 4.79 Å². The minimum Gasteiger partial charge on any atom is -0.478 e. The Hall–Kier alpha value is -4.90. The van der Waals surface area contributed by atoms with Crippen LogP contribution in [0.15, 0.2) is 81.5 Å². The number of amides is 1. The van der Waals surface area contributed by atoms with Gasteiger partial charge in [0.1, 0.15) is 17.4 Å². The molecule has 1 amide bonds. The molecule has 2 aromatic heterocycles. The fourth-order valence-electron chi connectivity index (χ4n) is 3.90. The van der Waals surface area contributed by atoms with Crippen LogP contribution in [0.4, 0.5) is 17.5 Å². The molecule has 186 valence electrons. The van der Waals surface area contributed by atoms with Gasteiger partial charge in [0.2, 0.25) is 5.96 Å². The van der Waals surface area contributed by atoms with Crippen LogP contribution < -0.4 is 21.7 Å². The Labute approximate surface area is 215 Å². The molecule has 0 unspecified atom stereocenters. The van der Waals surface area contributed by atoms with E-state index in [9.17, 15) is 14.7 Å². The van der Waals surface area contributed by atoms with Crippen molar-refractivity contribution in [3.63, 3.8) is 0 Å². The molecule has 0 saturated heterocycles. The number of aromatic nitrogens is 2. The van der Waals surface area contributed by atoms with Crippen LogP contribution in [0.1, 0.15) is 28.9 Å². The highest BCUT2D eigenvalue weighted by molar-refractivity contribution is 6.31. The molecule has 0 radical (unpaired) electrons. The Bertz CT molecular complexity index is 1610. The number of aromatic carboxylic acids is 1. The van der Waals surface area contributed by atoms with Crippen molar-refractivity contribution >= 4 is 58.1 Å². The molecule has 5 rings (SSSR count). The van der Waals surface area contributed by atoms with Crippen molar-refractivity contribution in [1.82, 2.24) is 15.3 Å². The Morgan fingerprint density at radius 1 is 1.16 bits per heavy atom. The average molecular weight is 518 g/mol. The number of nitrogens with one attached hydrogen (secondary N) is 3. The molecule has 4 aromatic rings. The lowest BCUT2D eigenvalue weighted by Gasteiger charge is -2.26. The third kappa shape index (κ3) is 4.80. The number of hydrogen-bond donors (Lipinski definition) is 5. The predicted molar refractivity (Wildman–Crippen MR) is 139 cm³/mol. The smallest absolute Gasteiger partial charge is 0.335 e. The summed E-state index contributed by atoms with van der Waals surface area (Å²) < 4.78 is 5.74. The summed E-state index contributed by atoms with van der Waals surface area (Å²) in [5, 5.41) is 18.4. The van der Waals surface area contributed by atoms with Crippen LogP contribution in [0.5, 0.6) is 0 Å². The molecule has 6 N–H and O–H groups in total. The molecule has 11 nitrogen and oxygen atoms in total. The van der Waals surface area contributed by atoms with Gasteiger partial charge >= 0.3 is 12.0 Å². The van der Waals surface area contributed by atoms with E-state index >= 15 is 0 Å². The van der Waals surface area contributed by atoms with E-state index in [1.807, 2.05) is 0 Å². The summed E-state index contributed by atoms with van der Waals surface area (Å²) in [6.45, 7) is 1.71. The van der Waals surface area contributed by atoms with Gasteiger partial charge in [0.25, 0.3) is 5.91 Å². The fraction of sp³-hybridized carbons (Fsp3) is 0.0800. The van der Waals surface area contributed by atoms with E-state index in [-0.39, 0.29) is 28.9 Å². The topological polar surface area (TPSA) is 168 Å². The van der Waals surface area contributed by atoms with Crippen molar-refractivity contribution < 1.29 is 19.1 Å². The Morgan fingerprint density at radius 3 is 2.73 bits per heavy atom. The van der Waals surface area contributed by atoms with Crippen LogP contribution in [0.2, 0.25) is 5.02 Å². The van der Waals surface area contributed by atoms with Crippen LogP contribution >= 0.6 is 11.6 Å². The second-order valence-corrected chi connectivity index (χ2v) is 8.50. The normalized spacial score (nSPS) is 15.2. The maximum absolute atomic E-state index is 13.4. The summed E-state index contributed by atoms with van der Waals surface area (Å²) in [4.78, 5) is 37.8. The van der Waals surface area contributed by atoms with Gasteiger partial charge in [0, 0.05) is 22.5 Å². The Kier molecular flexibility index (Phi) is 6.20. The SMILES string of the molecule is CC1=C(C(=O)Nc2cc(C(=O)O)ccn2)[C@H](c2ccccc2Cl)N=C(Nc2nc3cccc(N)c3o2)N1. The zero-order valence-corrected chi connectivity index (χ0v) is 20.1. The number of benzene rings is 2. The number of rotatable bonds is 5. The molecule has 1 aliphatic rings. The summed E-state index contributed by atoms with van der Waals surface area (Å²) in [5.74, 6) is -1.31. The molecule has 0 spiro atoms. The first-order chi connectivity index (χ1) is 17.8. The molecular formula is C25H20ClN7O4. The number of nitrogen functional groups attached to an aromatic ring is 1. The quantitative estimate of drug-likeness (QED) is 0.244. The van der Waals surface area contributed by atoms with Crippen molar-refractivity contribution in [2.45, 2.75) is 13.0 Å². The third-order valence-electron chi connectivity index (χ3n) is 5.61. The van der Waals surface area contributed by atoms with E-state index in [4.69, 9.17) is 21.8 Å². The van der Waals surface area contributed by atoms with Crippen LogP contribution in [-0.4, -0.2) is 32.9 Å². The largest absolute Gasteiger partial charge is 0.478 e. The molecule has 3 heterocycles. The number of para-hydroxylation sites is 1. The number of nitrogens with zero attached hydrogens (tertiary/aromatic N) is 3. The number of allylic oxidation sites excluding steroid dienone is 1. The van der Waals surface area contributed by atoms with Gasteiger partial charge in [-0.05, 0) is 37.3 Å². The van der Waals surface area contributed by atoms with Crippen LogP contribution in [0, 0.1) is 0 Å². The number of carbonyl (C=O) groups excluding carboxylic acids is 1. The highest BCUT2D eigenvalue weighted by Crippen LogP contribution is 2.35. The van der Waals surface area contributed by atoms with Gasteiger partial charge in [-0.15, -0.1) is 0 Å². The summed E-state index contributed by atoms with van der Waals surface area (Å²) >= 11 is 6.48. The van der Waals surface area contributed by atoms with Crippen LogP contribution in [0.25, 0.3) is 11.1 Å². The molecule has 12 heteroatoms. The first kappa shape index (κ1) is 23.8. The number of hydrogen-bond acceptors (Lipinski definition) is 9. The predicted octanol–water partition coefficient (Wildman–Crippen LogP) is 4.18. The van der Waals surface area contributed by atoms with Crippen molar-refractivity contribution in [2.75, 3.05) is 16.4 Å². The molecular weight excluding hydrogens is 498 g/mol. The number of halogens is 1.